The van der Waals surface area contributed by atoms with Gasteiger partial charge in [0.15, 0.2) is 5.13 Å². The summed E-state index contributed by atoms with van der Waals surface area (Å²) in [5.74, 6) is -0.240. The maximum Gasteiger partial charge on any atom is 0.323 e. The third kappa shape index (κ3) is 4.45. The molecule has 2 N–H and O–H groups in total. The molecule has 0 radical (unpaired) electrons. The lowest BCUT2D eigenvalue weighted by Crippen LogP contribution is -2.44. The fourth-order valence-corrected chi connectivity index (χ4v) is 5.81. The van der Waals surface area contributed by atoms with Crippen LogP contribution in [0.3, 0.4) is 0 Å². The number of carbonyl (C=O) groups excluding carboxylic acids is 3. The molecule has 2 saturated heterocycles. The van der Waals surface area contributed by atoms with E-state index >= 15 is 0 Å². The highest BCUT2D eigenvalue weighted by atomic mass is 32.1. The monoisotopic (exact) mass is 433 g/mol. The Hall–Kier alpha value is -2.16. The van der Waals surface area contributed by atoms with Crippen LogP contribution >= 0.6 is 11.3 Å². The number of amides is 4. The van der Waals surface area contributed by atoms with Crippen LogP contribution in [0.5, 0.6) is 0 Å². The van der Waals surface area contributed by atoms with Gasteiger partial charge in [-0.3, -0.25) is 14.9 Å². The van der Waals surface area contributed by atoms with Crippen molar-refractivity contribution < 1.29 is 14.4 Å². The summed E-state index contributed by atoms with van der Waals surface area (Å²) in [6, 6.07) is -0.148. The number of nitrogens with zero attached hydrogens (tertiary/aromatic N) is 3. The Labute approximate surface area is 181 Å². The summed E-state index contributed by atoms with van der Waals surface area (Å²) in [6.45, 7) is 7.28. The van der Waals surface area contributed by atoms with Crippen LogP contribution in [0.2, 0.25) is 0 Å². The maximum atomic E-state index is 12.8. The first-order chi connectivity index (χ1) is 14.3. The number of fused-ring (bicyclic) bond motifs is 1. The molecule has 1 aromatic heterocycles. The molecule has 1 atom stereocenters. The third-order valence-electron chi connectivity index (χ3n) is 6.43. The summed E-state index contributed by atoms with van der Waals surface area (Å²) in [5, 5.41) is 6.43. The standard InChI is InChI=1S/C21H31N5O3S/c1-21(2)7-3-5-15-17(21)30-19(23-15)24-20(29)26-10-4-9-25(11-12-26)18(28)14-6-8-22-16(27)13-14/h14H,3-13H2,1-2H3,(H,22,27)(H,23,24,29). The van der Waals surface area contributed by atoms with Crippen molar-refractivity contribution in [2.24, 2.45) is 5.92 Å². The molecule has 30 heavy (non-hydrogen) atoms. The van der Waals surface area contributed by atoms with Gasteiger partial charge in [-0.05, 0) is 32.1 Å². The first-order valence-corrected chi connectivity index (χ1v) is 11.8. The molecule has 164 valence electrons. The van der Waals surface area contributed by atoms with Crippen LogP contribution in [0.25, 0.3) is 0 Å². The lowest BCUT2D eigenvalue weighted by molar-refractivity contribution is -0.140. The van der Waals surface area contributed by atoms with E-state index in [0.29, 0.717) is 44.3 Å². The molecule has 2 aliphatic heterocycles. The van der Waals surface area contributed by atoms with Crippen molar-refractivity contribution in [3.8, 4) is 0 Å². The number of hydrogen-bond donors (Lipinski definition) is 2. The number of aryl methyl sites for hydroxylation is 1. The summed E-state index contributed by atoms with van der Waals surface area (Å²) in [6.07, 6.45) is 4.95. The zero-order valence-electron chi connectivity index (χ0n) is 17.8. The maximum absolute atomic E-state index is 12.8. The lowest BCUT2D eigenvalue weighted by atomic mass is 9.80. The van der Waals surface area contributed by atoms with Crippen molar-refractivity contribution in [2.75, 3.05) is 38.0 Å². The molecule has 4 rings (SSSR count). The minimum atomic E-state index is -0.232. The number of hydrogen-bond acceptors (Lipinski definition) is 5. The molecule has 0 saturated carbocycles. The van der Waals surface area contributed by atoms with Crippen molar-refractivity contribution >= 4 is 34.3 Å². The predicted octanol–water partition coefficient (Wildman–Crippen LogP) is 2.35. The molecule has 0 spiro atoms. The highest BCUT2D eigenvalue weighted by Gasteiger charge is 2.33. The fourth-order valence-electron chi connectivity index (χ4n) is 4.68. The predicted molar refractivity (Wildman–Crippen MR) is 116 cm³/mol. The van der Waals surface area contributed by atoms with E-state index in [1.54, 1.807) is 16.2 Å². The Kier molecular flexibility index (Phi) is 5.99. The topological polar surface area (TPSA) is 94.6 Å². The van der Waals surface area contributed by atoms with E-state index in [-0.39, 0.29) is 35.6 Å². The van der Waals surface area contributed by atoms with Crippen molar-refractivity contribution in [3.05, 3.63) is 10.6 Å². The Morgan fingerprint density at radius 1 is 1.17 bits per heavy atom. The lowest BCUT2D eigenvalue weighted by Gasteiger charge is -2.28. The third-order valence-corrected chi connectivity index (χ3v) is 7.81. The molecule has 4 amide bonds. The molecule has 2 fully saturated rings. The average molecular weight is 434 g/mol. The average Bonchev–Trinajstić information content (AvgIpc) is 2.96. The van der Waals surface area contributed by atoms with E-state index in [0.717, 1.165) is 31.4 Å². The SMILES string of the molecule is CC1(C)CCCc2nc(NC(=O)N3CCCN(C(=O)C4CCNC(=O)C4)CC3)sc21. The number of aromatic nitrogens is 1. The van der Waals surface area contributed by atoms with Crippen LogP contribution in [-0.2, 0) is 21.4 Å². The molecular formula is C21H31N5O3S. The van der Waals surface area contributed by atoms with Crippen molar-refractivity contribution in [3.63, 3.8) is 0 Å². The van der Waals surface area contributed by atoms with Crippen LogP contribution in [0, 0.1) is 5.92 Å². The molecule has 1 aromatic rings. The molecule has 8 nitrogen and oxygen atoms in total. The summed E-state index contributed by atoms with van der Waals surface area (Å²) < 4.78 is 0. The number of rotatable bonds is 2. The van der Waals surface area contributed by atoms with E-state index < -0.39 is 0 Å². The van der Waals surface area contributed by atoms with Gasteiger partial charge in [-0.25, -0.2) is 9.78 Å². The van der Waals surface area contributed by atoms with Gasteiger partial charge in [-0.15, -0.1) is 11.3 Å². The van der Waals surface area contributed by atoms with E-state index in [1.165, 1.54) is 4.88 Å². The zero-order valence-corrected chi connectivity index (χ0v) is 18.6. The molecule has 0 bridgehead atoms. The largest absolute Gasteiger partial charge is 0.356 e. The summed E-state index contributed by atoms with van der Waals surface area (Å²) in [4.78, 5) is 46.8. The van der Waals surface area contributed by atoms with Gasteiger partial charge in [-0.1, -0.05) is 13.8 Å². The van der Waals surface area contributed by atoms with E-state index in [1.807, 2.05) is 4.90 Å². The highest BCUT2D eigenvalue weighted by molar-refractivity contribution is 7.16. The van der Waals surface area contributed by atoms with Crippen LogP contribution < -0.4 is 10.6 Å². The van der Waals surface area contributed by atoms with Crippen molar-refractivity contribution in [2.45, 2.75) is 57.8 Å². The second-order valence-electron chi connectivity index (χ2n) is 9.17. The fraction of sp³-hybridized carbons (Fsp3) is 0.714. The van der Waals surface area contributed by atoms with Gasteiger partial charge in [0.2, 0.25) is 11.8 Å². The number of nitrogens with one attached hydrogen (secondary N) is 2. The Bertz CT molecular complexity index is 837. The Balaban J connectivity index is 1.34. The summed E-state index contributed by atoms with van der Waals surface area (Å²) >= 11 is 1.59. The van der Waals surface area contributed by atoms with Crippen LogP contribution in [-0.4, -0.2) is 65.4 Å². The second-order valence-corrected chi connectivity index (χ2v) is 10.2. The quantitative estimate of drug-likeness (QED) is 0.749. The van der Waals surface area contributed by atoms with Crippen molar-refractivity contribution in [1.29, 1.82) is 0 Å². The zero-order chi connectivity index (χ0) is 21.3. The Morgan fingerprint density at radius 3 is 2.70 bits per heavy atom. The summed E-state index contributed by atoms with van der Waals surface area (Å²) in [5.41, 5.74) is 1.24. The number of urea groups is 1. The van der Waals surface area contributed by atoms with E-state index in [2.05, 4.69) is 29.5 Å². The van der Waals surface area contributed by atoms with Gasteiger partial charge in [0.05, 0.1) is 5.69 Å². The molecule has 3 heterocycles. The minimum Gasteiger partial charge on any atom is -0.356 e. The van der Waals surface area contributed by atoms with Gasteiger partial charge < -0.3 is 15.1 Å². The molecule has 0 aromatic carbocycles. The van der Waals surface area contributed by atoms with Crippen LogP contribution in [0.1, 0.15) is 56.5 Å². The number of piperidine rings is 1. The smallest absolute Gasteiger partial charge is 0.323 e. The molecule has 3 aliphatic rings. The molecule has 1 aliphatic carbocycles. The second kappa shape index (κ2) is 8.53. The molecule has 9 heteroatoms. The van der Waals surface area contributed by atoms with Gasteiger partial charge in [0.1, 0.15) is 0 Å². The van der Waals surface area contributed by atoms with Crippen LogP contribution in [0.4, 0.5) is 9.93 Å². The first-order valence-electron chi connectivity index (χ1n) is 10.9. The van der Waals surface area contributed by atoms with E-state index in [4.69, 9.17) is 0 Å². The van der Waals surface area contributed by atoms with Gasteiger partial charge in [-0.2, -0.15) is 0 Å². The highest BCUT2D eigenvalue weighted by Crippen LogP contribution is 2.41. The minimum absolute atomic E-state index is 0.0435. The van der Waals surface area contributed by atoms with E-state index in [9.17, 15) is 14.4 Å². The number of thiazole rings is 1. The van der Waals surface area contributed by atoms with Gasteiger partial charge in [0.25, 0.3) is 0 Å². The van der Waals surface area contributed by atoms with Crippen LogP contribution in [0.15, 0.2) is 0 Å². The summed E-state index contributed by atoms with van der Waals surface area (Å²) in [7, 11) is 0. The number of carbonyl (C=O) groups is 3. The molecule has 1 unspecified atom stereocenters. The Morgan fingerprint density at radius 2 is 1.93 bits per heavy atom. The number of anilines is 1. The first kappa shape index (κ1) is 21.1. The van der Waals surface area contributed by atoms with Gasteiger partial charge >= 0.3 is 6.03 Å². The normalized spacial score (nSPS) is 23.9. The molecular weight excluding hydrogens is 402 g/mol. The van der Waals surface area contributed by atoms with Gasteiger partial charge in [0, 0.05) is 55.4 Å². The van der Waals surface area contributed by atoms with Crippen molar-refractivity contribution in [1.82, 2.24) is 20.1 Å².